The number of amides is 1. The van der Waals surface area contributed by atoms with E-state index in [2.05, 4.69) is 20.0 Å². The standard InChI is InChI=1S/C23H32N4O3/c28-23(24-19-20-5-2-1-3-6-20)22(21-7-4-16-30-21)27-12-10-25(11-13-27)8-9-26-14-17-29-18-15-26/h1-7,16,22H,8-15,17-19H2,(H,24,28). The summed E-state index contributed by atoms with van der Waals surface area (Å²) in [5.74, 6) is 0.706. The molecule has 7 heteroatoms. The minimum atomic E-state index is -0.384. The first-order valence-electron chi connectivity index (χ1n) is 10.9. The summed E-state index contributed by atoms with van der Waals surface area (Å²) in [6.45, 7) is 10.1. The third kappa shape index (κ3) is 5.70. The largest absolute Gasteiger partial charge is 0.467 e. The number of morpholine rings is 1. The summed E-state index contributed by atoms with van der Waals surface area (Å²) >= 11 is 0. The number of furan rings is 1. The molecule has 0 radical (unpaired) electrons. The fraction of sp³-hybridized carbons (Fsp3) is 0.522. The summed E-state index contributed by atoms with van der Waals surface area (Å²) < 4.78 is 11.1. The van der Waals surface area contributed by atoms with E-state index in [0.29, 0.717) is 12.3 Å². The van der Waals surface area contributed by atoms with Crippen LogP contribution in [0.5, 0.6) is 0 Å². The highest BCUT2D eigenvalue weighted by atomic mass is 16.5. The van der Waals surface area contributed by atoms with Crippen molar-refractivity contribution in [1.82, 2.24) is 20.0 Å². The molecule has 3 heterocycles. The van der Waals surface area contributed by atoms with Crippen molar-refractivity contribution in [1.29, 1.82) is 0 Å². The fourth-order valence-electron chi connectivity index (χ4n) is 4.16. The van der Waals surface area contributed by atoms with E-state index in [1.165, 1.54) is 0 Å². The van der Waals surface area contributed by atoms with Crippen molar-refractivity contribution < 1.29 is 13.9 Å². The number of nitrogens with one attached hydrogen (secondary N) is 1. The van der Waals surface area contributed by atoms with Crippen molar-refractivity contribution in [3.05, 3.63) is 60.1 Å². The van der Waals surface area contributed by atoms with E-state index in [4.69, 9.17) is 9.15 Å². The predicted molar refractivity (Wildman–Crippen MR) is 115 cm³/mol. The first kappa shape index (κ1) is 21.1. The molecule has 0 aliphatic carbocycles. The van der Waals surface area contributed by atoms with E-state index in [0.717, 1.165) is 71.1 Å². The molecule has 2 aromatic rings. The Kier molecular flexibility index (Phi) is 7.53. The van der Waals surface area contributed by atoms with Gasteiger partial charge in [-0.1, -0.05) is 30.3 Å². The molecular formula is C23H32N4O3. The van der Waals surface area contributed by atoms with Crippen molar-refractivity contribution in [2.45, 2.75) is 12.6 Å². The monoisotopic (exact) mass is 412 g/mol. The van der Waals surface area contributed by atoms with Gasteiger partial charge in [0.2, 0.25) is 5.91 Å². The summed E-state index contributed by atoms with van der Waals surface area (Å²) in [5, 5.41) is 3.09. The highest BCUT2D eigenvalue weighted by Gasteiger charge is 2.32. The molecule has 1 amide bonds. The Morgan fingerprint density at radius 2 is 1.60 bits per heavy atom. The van der Waals surface area contributed by atoms with Gasteiger partial charge in [-0.25, -0.2) is 0 Å². The Labute approximate surface area is 178 Å². The Morgan fingerprint density at radius 3 is 2.27 bits per heavy atom. The molecule has 7 nitrogen and oxygen atoms in total. The molecule has 2 aliphatic rings. The zero-order valence-electron chi connectivity index (χ0n) is 17.5. The number of carbonyl (C=O) groups excluding carboxylic acids is 1. The minimum Gasteiger partial charge on any atom is -0.467 e. The van der Waals surface area contributed by atoms with E-state index >= 15 is 0 Å². The number of hydrogen-bond acceptors (Lipinski definition) is 6. The number of ether oxygens (including phenoxy) is 1. The first-order valence-corrected chi connectivity index (χ1v) is 10.9. The summed E-state index contributed by atoms with van der Waals surface area (Å²) in [5.41, 5.74) is 1.09. The lowest BCUT2D eigenvalue weighted by Gasteiger charge is -2.38. The maximum absolute atomic E-state index is 13.1. The highest BCUT2D eigenvalue weighted by Crippen LogP contribution is 2.23. The number of benzene rings is 1. The van der Waals surface area contributed by atoms with Gasteiger partial charge in [-0.3, -0.25) is 19.5 Å². The second-order valence-electron chi connectivity index (χ2n) is 7.95. The van der Waals surface area contributed by atoms with Gasteiger partial charge in [0.15, 0.2) is 0 Å². The van der Waals surface area contributed by atoms with Crippen molar-refractivity contribution in [2.75, 3.05) is 65.6 Å². The van der Waals surface area contributed by atoms with E-state index in [-0.39, 0.29) is 11.9 Å². The van der Waals surface area contributed by atoms with Crippen molar-refractivity contribution >= 4 is 5.91 Å². The van der Waals surface area contributed by atoms with Crippen LogP contribution in [-0.4, -0.2) is 86.2 Å². The summed E-state index contributed by atoms with van der Waals surface area (Å²) in [7, 11) is 0. The molecule has 0 saturated carbocycles. The molecule has 1 unspecified atom stereocenters. The Balaban J connectivity index is 1.30. The third-order valence-electron chi connectivity index (χ3n) is 5.98. The van der Waals surface area contributed by atoms with E-state index in [1.807, 2.05) is 42.5 Å². The normalized spacial score (nSPS) is 20.1. The SMILES string of the molecule is O=C(NCc1ccccc1)C(c1ccco1)N1CCN(CCN2CCOCC2)CC1. The number of hydrogen-bond donors (Lipinski definition) is 1. The van der Waals surface area contributed by atoms with Gasteiger partial charge in [0, 0.05) is 58.9 Å². The van der Waals surface area contributed by atoms with E-state index in [9.17, 15) is 4.79 Å². The van der Waals surface area contributed by atoms with Gasteiger partial charge in [0.1, 0.15) is 11.8 Å². The summed E-state index contributed by atoms with van der Waals surface area (Å²) in [4.78, 5) is 20.3. The molecule has 1 atom stereocenters. The van der Waals surface area contributed by atoms with Gasteiger partial charge in [-0.05, 0) is 17.7 Å². The van der Waals surface area contributed by atoms with E-state index in [1.54, 1.807) is 6.26 Å². The van der Waals surface area contributed by atoms with Crippen LogP contribution in [-0.2, 0) is 16.1 Å². The number of carbonyl (C=O) groups is 1. The van der Waals surface area contributed by atoms with Gasteiger partial charge in [0.25, 0.3) is 0 Å². The van der Waals surface area contributed by atoms with Crippen molar-refractivity contribution in [3.8, 4) is 0 Å². The maximum Gasteiger partial charge on any atom is 0.245 e. The molecule has 0 bridgehead atoms. The van der Waals surface area contributed by atoms with Gasteiger partial charge in [-0.15, -0.1) is 0 Å². The van der Waals surface area contributed by atoms with Crippen LogP contribution < -0.4 is 5.32 Å². The van der Waals surface area contributed by atoms with E-state index < -0.39 is 0 Å². The Morgan fingerprint density at radius 1 is 0.900 bits per heavy atom. The van der Waals surface area contributed by atoms with Crippen LogP contribution in [0.25, 0.3) is 0 Å². The molecule has 4 rings (SSSR count). The predicted octanol–water partition coefficient (Wildman–Crippen LogP) is 1.59. The lowest BCUT2D eigenvalue weighted by molar-refractivity contribution is -0.128. The number of piperazine rings is 1. The number of nitrogens with zero attached hydrogens (tertiary/aromatic N) is 3. The quantitative estimate of drug-likeness (QED) is 0.711. The smallest absolute Gasteiger partial charge is 0.245 e. The highest BCUT2D eigenvalue weighted by molar-refractivity contribution is 5.82. The summed E-state index contributed by atoms with van der Waals surface area (Å²) in [6.07, 6.45) is 1.64. The van der Waals surface area contributed by atoms with Crippen LogP contribution >= 0.6 is 0 Å². The molecule has 2 aliphatic heterocycles. The molecule has 1 aromatic heterocycles. The lowest BCUT2D eigenvalue weighted by Crippen LogP contribution is -2.52. The van der Waals surface area contributed by atoms with Crippen LogP contribution in [0, 0.1) is 0 Å². The first-order chi connectivity index (χ1) is 14.8. The van der Waals surface area contributed by atoms with Crippen LogP contribution in [0.15, 0.2) is 53.1 Å². The van der Waals surface area contributed by atoms with Gasteiger partial charge in [0.05, 0.1) is 19.5 Å². The second-order valence-corrected chi connectivity index (χ2v) is 7.95. The van der Waals surface area contributed by atoms with Gasteiger partial charge >= 0.3 is 0 Å². The lowest BCUT2D eigenvalue weighted by atomic mass is 10.1. The second kappa shape index (κ2) is 10.7. The van der Waals surface area contributed by atoms with Crippen LogP contribution in [0.3, 0.4) is 0 Å². The van der Waals surface area contributed by atoms with Crippen molar-refractivity contribution in [2.24, 2.45) is 0 Å². The van der Waals surface area contributed by atoms with Gasteiger partial charge in [-0.2, -0.15) is 0 Å². The summed E-state index contributed by atoms with van der Waals surface area (Å²) in [6, 6.07) is 13.4. The molecule has 0 spiro atoms. The minimum absolute atomic E-state index is 0.00410. The molecular weight excluding hydrogens is 380 g/mol. The molecule has 1 N–H and O–H groups in total. The molecule has 30 heavy (non-hydrogen) atoms. The number of rotatable bonds is 8. The average molecular weight is 413 g/mol. The Hall–Kier alpha value is -2.19. The molecule has 2 saturated heterocycles. The fourth-order valence-corrected chi connectivity index (χ4v) is 4.16. The van der Waals surface area contributed by atoms with Crippen LogP contribution in [0.4, 0.5) is 0 Å². The van der Waals surface area contributed by atoms with Crippen LogP contribution in [0.2, 0.25) is 0 Å². The zero-order valence-corrected chi connectivity index (χ0v) is 17.5. The van der Waals surface area contributed by atoms with Crippen molar-refractivity contribution in [3.63, 3.8) is 0 Å². The topological polar surface area (TPSA) is 61.2 Å². The molecule has 162 valence electrons. The third-order valence-corrected chi connectivity index (χ3v) is 5.98. The average Bonchev–Trinajstić information content (AvgIpc) is 3.33. The zero-order chi connectivity index (χ0) is 20.6. The Bertz CT molecular complexity index is 754. The molecule has 1 aromatic carbocycles. The van der Waals surface area contributed by atoms with Gasteiger partial charge < -0.3 is 14.5 Å². The maximum atomic E-state index is 13.1. The molecule has 2 fully saturated rings. The van der Waals surface area contributed by atoms with Crippen LogP contribution in [0.1, 0.15) is 17.4 Å².